The van der Waals surface area contributed by atoms with Crippen molar-refractivity contribution in [3.63, 3.8) is 0 Å². The van der Waals surface area contributed by atoms with E-state index in [0.717, 1.165) is 44.4 Å². The molecule has 1 aliphatic rings. The fourth-order valence-corrected chi connectivity index (χ4v) is 4.79. The van der Waals surface area contributed by atoms with Crippen LogP contribution in [0.3, 0.4) is 0 Å². The van der Waals surface area contributed by atoms with Gasteiger partial charge >= 0.3 is 0 Å². The minimum Gasteiger partial charge on any atom is -0.490 e. The van der Waals surface area contributed by atoms with Gasteiger partial charge in [0.2, 0.25) is 0 Å². The first kappa shape index (κ1) is 21.1. The Morgan fingerprint density at radius 3 is 2.70 bits per heavy atom. The molecular weight excluding hydrogens is 424 g/mol. The molecule has 2 aromatic carbocycles. The monoisotopic (exact) mass is 447 g/mol. The maximum absolute atomic E-state index is 14.8. The number of halogens is 2. The predicted octanol–water partition coefficient (Wildman–Crippen LogP) is 5.89. The molecule has 8 heteroatoms. The summed E-state index contributed by atoms with van der Waals surface area (Å²) in [6.45, 7) is 4.33. The average Bonchev–Trinajstić information content (AvgIpc) is 3.27. The first-order chi connectivity index (χ1) is 14.6. The van der Waals surface area contributed by atoms with Crippen molar-refractivity contribution < 1.29 is 13.5 Å². The molecule has 0 saturated carbocycles. The number of piperidine rings is 1. The van der Waals surface area contributed by atoms with Crippen LogP contribution in [-0.4, -0.2) is 29.1 Å². The molecule has 0 radical (unpaired) electrons. The van der Waals surface area contributed by atoms with Gasteiger partial charge in [0.25, 0.3) is 0 Å². The first-order valence-corrected chi connectivity index (χ1v) is 11.5. The molecule has 30 heavy (non-hydrogen) atoms. The van der Waals surface area contributed by atoms with Crippen molar-refractivity contribution in [3.8, 4) is 5.75 Å². The molecule has 4 nitrogen and oxygen atoms in total. The fourth-order valence-electron chi connectivity index (χ4n) is 3.46. The molecule has 1 aliphatic heterocycles. The second kappa shape index (κ2) is 9.76. The summed E-state index contributed by atoms with van der Waals surface area (Å²) in [4.78, 5) is 6.36. The Balaban J connectivity index is 1.35. The SMILES string of the molecule is Cc1c(OC2CCN(Cc3ccccc3)CC2)cc(F)c(SNc2nccs2)c1F. The number of nitrogens with zero attached hydrogens (tertiary/aromatic N) is 2. The van der Waals surface area contributed by atoms with Crippen molar-refractivity contribution in [3.05, 3.63) is 70.7 Å². The molecule has 0 atom stereocenters. The van der Waals surface area contributed by atoms with Crippen molar-refractivity contribution in [1.82, 2.24) is 9.88 Å². The van der Waals surface area contributed by atoms with Crippen molar-refractivity contribution in [2.45, 2.75) is 37.3 Å². The Hall–Kier alpha value is -2.16. The van der Waals surface area contributed by atoms with E-state index in [9.17, 15) is 8.78 Å². The third-order valence-electron chi connectivity index (χ3n) is 5.12. The number of nitrogens with one attached hydrogen (secondary N) is 1. The highest BCUT2D eigenvalue weighted by Gasteiger charge is 2.24. The molecule has 0 bridgehead atoms. The van der Waals surface area contributed by atoms with Gasteiger partial charge in [-0.2, -0.15) is 0 Å². The minimum absolute atomic E-state index is 0.0403. The van der Waals surface area contributed by atoms with Crippen LogP contribution in [0.15, 0.2) is 52.9 Å². The summed E-state index contributed by atoms with van der Waals surface area (Å²) in [6, 6.07) is 11.7. The Morgan fingerprint density at radius 2 is 2.00 bits per heavy atom. The third-order valence-corrected chi connectivity index (χ3v) is 6.81. The second-order valence-electron chi connectivity index (χ2n) is 7.24. The normalized spacial score (nSPS) is 15.3. The van der Waals surface area contributed by atoms with E-state index < -0.39 is 11.6 Å². The number of hydrogen-bond acceptors (Lipinski definition) is 6. The summed E-state index contributed by atoms with van der Waals surface area (Å²) >= 11 is 2.26. The Kier molecular flexibility index (Phi) is 6.86. The van der Waals surface area contributed by atoms with Gasteiger partial charge in [-0.25, -0.2) is 13.8 Å². The maximum Gasteiger partial charge on any atom is 0.192 e. The third kappa shape index (κ3) is 5.11. The number of hydrogen-bond donors (Lipinski definition) is 1. The molecule has 1 aromatic heterocycles. The quantitative estimate of drug-likeness (QED) is 0.457. The first-order valence-electron chi connectivity index (χ1n) is 9.84. The fraction of sp³-hybridized carbons (Fsp3) is 0.318. The van der Waals surface area contributed by atoms with Crippen LogP contribution in [0, 0.1) is 18.6 Å². The lowest BCUT2D eigenvalue weighted by Crippen LogP contribution is -2.37. The summed E-state index contributed by atoms with van der Waals surface area (Å²) in [5.41, 5.74) is 1.61. The number of rotatable bonds is 7. The number of ether oxygens (including phenoxy) is 1. The lowest BCUT2D eigenvalue weighted by Gasteiger charge is -2.32. The van der Waals surface area contributed by atoms with Crippen LogP contribution in [0.25, 0.3) is 0 Å². The zero-order chi connectivity index (χ0) is 20.9. The molecule has 2 heterocycles. The zero-order valence-corrected chi connectivity index (χ0v) is 18.2. The lowest BCUT2D eigenvalue weighted by atomic mass is 10.1. The van der Waals surface area contributed by atoms with Gasteiger partial charge in [0, 0.05) is 42.8 Å². The van der Waals surface area contributed by atoms with Crippen molar-refractivity contribution in [2.24, 2.45) is 0 Å². The maximum atomic E-state index is 14.8. The van der Waals surface area contributed by atoms with Gasteiger partial charge in [0.05, 0.1) is 0 Å². The molecule has 3 aromatic rings. The second-order valence-corrected chi connectivity index (χ2v) is 8.96. The summed E-state index contributed by atoms with van der Waals surface area (Å²) in [5.74, 6) is -0.950. The molecule has 0 amide bonds. The number of benzene rings is 2. The van der Waals surface area contributed by atoms with E-state index in [1.165, 1.54) is 23.0 Å². The summed E-state index contributed by atoms with van der Waals surface area (Å²) in [5, 5.41) is 2.39. The number of thiazole rings is 1. The molecule has 1 saturated heterocycles. The summed E-state index contributed by atoms with van der Waals surface area (Å²) in [6.07, 6.45) is 3.25. The number of anilines is 1. The predicted molar refractivity (Wildman–Crippen MR) is 118 cm³/mol. The van der Waals surface area contributed by atoms with Crippen LogP contribution in [0.2, 0.25) is 0 Å². The minimum atomic E-state index is -0.635. The Morgan fingerprint density at radius 1 is 1.23 bits per heavy atom. The van der Waals surface area contributed by atoms with Gasteiger partial charge in [-0.05, 0) is 37.3 Å². The van der Waals surface area contributed by atoms with Gasteiger partial charge < -0.3 is 9.46 Å². The van der Waals surface area contributed by atoms with Crippen LogP contribution < -0.4 is 9.46 Å². The van der Waals surface area contributed by atoms with Crippen LogP contribution in [0.1, 0.15) is 24.0 Å². The van der Waals surface area contributed by atoms with E-state index in [1.54, 1.807) is 18.5 Å². The summed E-state index contributed by atoms with van der Waals surface area (Å²) in [7, 11) is 0. The molecule has 0 aliphatic carbocycles. The van der Waals surface area contributed by atoms with E-state index in [4.69, 9.17) is 4.74 Å². The Bertz CT molecular complexity index is 962. The molecule has 0 spiro atoms. The number of aromatic nitrogens is 1. The molecule has 1 fully saturated rings. The molecule has 4 rings (SSSR count). The van der Waals surface area contributed by atoms with Crippen LogP contribution >= 0.6 is 23.3 Å². The lowest BCUT2D eigenvalue weighted by molar-refractivity contribution is 0.0955. The van der Waals surface area contributed by atoms with Crippen molar-refractivity contribution >= 4 is 28.4 Å². The van der Waals surface area contributed by atoms with Gasteiger partial charge in [0.1, 0.15) is 28.4 Å². The van der Waals surface area contributed by atoms with E-state index in [2.05, 4.69) is 26.7 Å². The zero-order valence-electron chi connectivity index (χ0n) is 16.6. The largest absolute Gasteiger partial charge is 0.490 e. The van der Waals surface area contributed by atoms with Gasteiger partial charge in [-0.1, -0.05) is 30.3 Å². The average molecular weight is 448 g/mol. The highest BCUT2D eigenvalue weighted by molar-refractivity contribution is 8.00. The van der Waals surface area contributed by atoms with Crippen LogP contribution in [0.4, 0.5) is 13.9 Å². The van der Waals surface area contributed by atoms with Crippen molar-refractivity contribution in [2.75, 3.05) is 17.8 Å². The standard InChI is InChI=1S/C22H23F2N3OS2/c1-15-19(13-18(23)21(20(15)24)30-26-22-25-9-12-29-22)28-17-7-10-27(11-8-17)14-16-5-3-2-4-6-16/h2-6,9,12-13,17H,7-8,10-11,14H2,1H3,(H,25,26). The van der Waals surface area contributed by atoms with Gasteiger partial charge in [0.15, 0.2) is 5.13 Å². The van der Waals surface area contributed by atoms with Gasteiger partial charge in [-0.3, -0.25) is 4.90 Å². The van der Waals surface area contributed by atoms with Crippen LogP contribution in [0.5, 0.6) is 5.75 Å². The van der Waals surface area contributed by atoms with Gasteiger partial charge in [-0.15, -0.1) is 11.3 Å². The topological polar surface area (TPSA) is 37.4 Å². The van der Waals surface area contributed by atoms with E-state index in [-0.39, 0.29) is 16.7 Å². The molecule has 0 unspecified atom stereocenters. The van der Waals surface area contributed by atoms with E-state index in [0.29, 0.717) is 10.7 Å². The highest BCUT2D eigenvalue weighted by atomic mass is 32.2. The molecule has 158 valence electrons. The molecule has 1 N–H and O–H groups in total. The van der Waals surface area contributed by atoms with Crippen molar-refractivity contribution in [1.29, 1.82) is 0 Å². The van der Waals surface area contributed by atoms with E-state index >= 15 is 0 Å². The smallest absolute Gasteiger partial charge is 0.192 e. The highest BCUT2D eigenvalue weighted by Crippen LogP contribution is 2.34. The van der Waals surface area contributed by atoms with E-state index in [1.807, 2.05) is 18.2 Å². The number of likely N-dealkylation sites (tertiary alicyclic amines) is 1. The van der Waals surface area contributed by atoms with Crippen LogP contribution in [-0.2, 0) is 6.54 Å². The molecular formula is C22H23F2N3OS2. The Labute approximate surface area is 183 Å². The summed E-state index contributed by atoms with van der Waals surface area (Å²) < 4.78 is 38.3.